The Labute approximate surface area is 129 Å². The maximum Gasteiger partial charge on any atom is 0.0479 e. The van der Waals surface area contributed by atoms with Crippen LogP contribution in [0.3, 0.4) is 0 Å². The molecular formula is C18H10ClNS. The van der Waals surface area contributed by atoms with E-state index < -0.39 is 0 Å². The van der Waals surface area contributed by atoms with Gasteiger partial charge in [0.25, 0.3) is 0 Å². The van der Waals surface area contributed by atoms with Crippen molar-refractivity contribution in [3.8, 4) is 0 Å². The predicted octanol–water partition coefficient (Wildman–Crippen LogP) is 6.34. The van der Waals surface area contributed by atoms with E-state index in [1.807, 2.05) is 17.4 Å². The van der Waals surface area contributed by atoms with Crippen LogP contribution in [0, 0.1) is 0 Å². The van der Waals surface area contributed by atoms with Crippen molar-refractivity contribution in [3.05, 3.63) is 59.6 Å². The smallest absolute Gasteiger partial charge is 0.0479 e. The Hall–Kier alpha value is -2.03. The van der Waals surface area contributed by atoms with E-state index in [2.05, 4.69) is 53.5 Å². The maximum atomic E-state index is 6.20. The third kappa shape index (κ3) is 1.52. The molecule has 2 aromatic heterocycles. The standard InChI is InChI=1S/C18H10ClNS/c19-10-5-7-14-13(9-10)17-15(20-14)8-6-12-11-3-1-2-4-16(11)21-18(12)17/h1-9,20H. The third-order valence-electron chi connectivity index (χ3n) is 4.07. The van der Waals surface area contributed by atoms with Crippen molar-refractivity contribution in [3.63, 3.8) is 0 Å². The molecule has 0 radical (unpaired) electrons. The Kier molecular flexibility index (Phi) is 2.21. The average Bonchev–Trinajstić information content (AvgIpc) is 3.04. The number of hydrogen-bond donors (Lipinski definition) is 1. The molecule has 0 aliphatic carbocycles. The van der Waals surface area contributed by atoms with E-state index in [-0.39, 0.29) is 0 Å². The summed E-state index contributed by atoms with van der Waals surface area (Å²) < 4.78 is 2.67. The quantitative estimate of drug-likeness (QED) is 0.343. The highest BCUT2D eigenvalue weighted by Gasteiger charge is 2.12. The van der Waals surface area contributed by atoms with E-state index in [1.165, 1.54) is 36.5 Å². The van der Waals surface area contributed by atoms with Crippen molar-refractivity contribution in [2.75, 3.05) is 0 Å². The number of aromatic nitrogens is 1. The van der Waals surface area contributed by atoms with Crippen LogP contribution in [0.1, 0.15) is 0 Å². The van der Waals surface area contributed by atoms with Gasteiger partial charge in [-0.25, -0.2) is 0 Å². The Morgan fingerprint density at radius 3 is 2.62 bits per heavy atom. The monoisotopic (exact) mass is 307 g/mol. The van der Waals surface area contributed by atoms with Crippen molar-refractivity contribution >= 4 is 64.9 Å². The van der Waals surface area contributed by atoms with Gasteiger partial charge in [0.15, 0.2) is 0 Å². The van der Waals surface area contributed by atoms with Crippen LogP contribution in [-0.2, 0) is 0 Å². The van der Waals surface area contributed by atoms with E-state index in [1.54, 1.807) is 0 Å². The van der Waals surface area contributed by atoms with Gasteiger partial charge in [0.1, 0.15) is 0 Å². The van der Waals surface area contributed by atoms with Gasteiger partial charge in [0, 0.05) is 47.0 Å². The van der Waals surface area contributed by atoms with Crippen LogP contribution in [-0.4, -0.2) is 4.98 Å². The molecule has 3 aromatic carbocycles. The molecule has 0 saturated carbocycles. The number of H-pyrrole nitrogens is 1. The summed E-state index contributed by atoms with van der Waals surface area (Å²) in [5.74, 6) is 0. The molecule has 0 saturated heterocycles. The van der Waals surface area contributed by atoms with Crippen LogP contribution < -0.4 is 0 Å². The summed E-state index contributed by atoms with van der Waals surface area (Å²) >= 11 is 8.05. The van der Waals surface area contributed by atoms with Gasteiger partial charge >= 0.3 is 0 Å². The molecule has 21 heavy (non-hydrogen) atoms. The summed E-state index contributed by atoms with van der Waals surface area (Å²) in [4.78, 5) is 3.49. The van der Waals surface area contributed by atoms with Gasteiger partial charge in [-0.2, -0.15) is 0 Å². The normalized spacial score (nSPS) is 12.0. The molecule has 0 amide bonds. The van der Waals surface area contributed by atoms with Gasteiger partial charge in [-0.3, -0.25) is 0 Å². The first kappa shape index (κ1) is 11.6. The molecule has 0 aliphatic heterocycles. The van der Waals surface area contributed by atoms with Gasteiger partial charge in [-0.05, 0) is 30.3 Å². The van der Waals surface area contributed by atoms with E-state index in [0.717, 1.165) is 10.5 Å². The SMILES string of the molecule is Clc1ccc2[nH]c3ccc4c5ccccc5sc4c3c2c1. The molecule has 1 nitrogen and oxygen atoms in total. The first-order chi connectivity index (χ1) is 10.3. The minimum absolute atomic E-state index is 0.779. The highest BCUT2D eigenvalue weighted by Crippen LogP contribution is 2.41. The summed E-state index contributed by atoms with van der Waals surface area (Å²) in [7, 11) is 0. The molecule has 2 heterocycles. The zero-order valence-corrected chi connectivity index (χ0v) is 12.6. The second-order valence-corrected chi connectivity index (χ2v) is 6.77. The van der Waals surface area contributed by atoms with Gasteiger partial charge in [-0.15, -0.1) is 11.3 Å². The second kappa shape index (κ2) is 4.00. The molecular weight excluding hydrogens is 298 g/mol. The zero-order chi connectivity index (χ0) is 14.0. The van der Waals surface area contributed by atoms with Crippen LogP contribution in [0.25, 0.3) is 42.0 Å². The zero-order valence-electron chi connectivity index (χ0n) is 11.0. The van der Waals surface area contributed by atoms with Crippen molar-refractivity contribution in [1.29, 1.82) is 0 Å². The van der Waals surface area contributed by atoms with Gasteiger partial charge in [-0.1, -0.05) is 35.9 Å². The molecule has 100 valence electrons. The Morgan fingerprint density at radius 1 is 0.810 bits per heavy atom. The number of nitrogens with one attached hydrogen (secondary N) is 1. The Bertz CT molecular complexity index is 1150. The number of benzene rings is 3. The van der Waals surface area contributed by atoms with E-state index >= 15 is 0 Å². The number of aromatic amines is 1. The topological polar surface area (TPSA) is 15.8 Å². The second-order valence-electron chi connectivity index (χ2n) is 5.28. The van der Waals surface area contributed by atoms with E-state index in [9.17, 15) is 0 Å². The van der Waals surface area contributed by atoms with Crippen molar-refractivity contribution in [1.82, 2.24) is 4.98 Å². The molecule has 0 spiro atoms. The van der Waals surface area contributed by atoms with Gasteiger partial charge < -0.3 is 4.98 Å². The molecule has 0 atom stereocenters. The van der Waals surface area contributed by atoms with Crippen LogP contribution in [0.4, 0.5) is 0 Å². The van der Waals surface area contributed by atoms with Crippen molar-refractivity contribution in [2.45, 2.75) is 0 Å². The minimum Gasteiger partial charge on any atom is -0.354 e. The van der Waals surface area contributed by atoms with Crippen molar-refractivity contribution in [2.24, 2.45) is 0 Å². The Balaban J connectivity index is 2.11. The van der Waals surface area contributed by atoms with E-state index in [4.69, 9.17) is 11.6 Å². The average molecular weight is 308 g/mol. The van der Waals surface area contributed by atoms with E-state index in [0.29, 0.717) is 0 Å². The number of thiophene rings is 1. The van der Waals surface area contributed by atoms with Gasteiger partial charge in [0.2, 0.25) is 0 Å². The predicted molar refractivity (Wildman–Crippen MR) is 93.7 cm³/mol. The summed E-state index contributed by atoms with van der Waals surface area (Å²) in [6, 6.07) is 19.0. The minimum atomic E-state index is 0.779. The van der Waals surface area contributed by atoms with Gasteiger partial charge in [0.05, 0.1) is 0 Å². The van der Waals surface area contributed by atoms with Crippen LogP contribution in [0.15, 0.2) is 54.6 Å². The fourth-order valence-corrected chi connectivity index (χ4v) is 4.57. The molecule has 3 heteroatoms. The number of hydrogen-bond acceptors (Lipinski definition) is 1. The lowest BCUT2D eigenvalue weighted by atomic mass is 10.1. The van der Waals surface area contributed by atoms with Crippen LogP contribution >= 0.6 is 22.9 Å². The maximum absolute atomic E-state index is 6.20. The highest BCUT2D eigenvalue weighted by atomic mass is 35.5. The first-order valence-corrected chi connectivity index (χ1v) is 8.02. The summed E-state index contributed by atoms with van der Waals surface area (Å²) in [6.07, 6.45) is 0. The van der Waals surface area contributed by atoms with Crippen LogP contribution in [0.2, 0.25) is 5.02 Å². The molecule has 0 unspecified atom stereocenters. The van der Waals surface area contributed by atoms with Crippen LogP contribution in [0.5, 0.6) is 0 Å². The summed E-state index contributed by atoms with van der Waals surface area (Å²) in [5, 5.41) is 5.92. The third-order valence-corrected chi connectivity index (χ3v) is 5.51. The number of halogens is 1. The first-order valence-electron chi connectivity index (χ1n) is 6.82. The molecule has 0 fully saturated rings. The molecule has 5 rings (SSSR count). The summed E-state index contributed by atoms with van der Waals surface area (Å²) in [5.41, 5.74) is 2.31. The fourth-order valence-electron chi connectivity index (χ4n) is 3.14. The lowest BCUT2D eigenvalue weighted by molar-refractivity contribution is 1.55. The number of fused-ring (bicyclic) bond motifs is 7. The lowest BCUT2D eigenvalue weighted by Gasteiger charge is -1.95. The molecule has 0 aliphatic rings. The number of rotatable bonds is 0. The lowest BCUT2D eigenvalue weighted by Crippen LogP contribution is -1.69. The fraction of sp³-hybridized carbons (Fsp3) is 0. The molecule has 5 aromatic rings. The highest BCUT2D eigenvalue weighted by molar-refractivity contribution is 7.26. The molecule has 0 bridgehead atoms. The summed E-state index contributed by atoms with van der Waals surface area (Å²) in [6.45, 7) is 0. The van der Waals surface area contributed by atoms with Crippen molar-refractivity contribution < 1.29 is 0 Å². The Morgan fingerprint density at radius 2 is 1.67 bits per heavy atom. The largest absolute Gasteiger partial charge is 0.354 e. The molecule has 1 N–H and O–H groups in total.